The van der Waals surface area contributed by atoms with Crippen LogP contribution in [0, 0.1) is 0 Å². The number of rotatable bonds is 3. The molecule has 4 heteroatoms. The molecule has 0 amide bonds. The second kappa shape index (κ2) is 4.41. The summed E-state index contributed by atoms with van der Waals surface area (Å²) in [5, 5.41) is 0.547. The van der Waals surface area contributed by atoms with Crippen LogP contribution >= 0.6 is 11.6 Å². The molecule has 0 atom stereocenters. The van der Waals surface area contributed by atoms with Crippen molar-refractivity contribution in [2.75, 3.05) is 0 Å². The van der Waals surface area contributed by atoms with Gasteiger partial charge in [0.25, 0.3) is 0 Å². The van der Waals surface area contributed by atoms with Gasteiger partial charge in [-0.1, -0.05) is 11.6 Å². The topological polar surface area (TPSA) is 38.7 Å². The van der Waals surface area contributed by atoms with Crippen molar-refractivity contribution in [2.24, 2.45) is 0 Å². The fourth-order valence-electron chi connectivity index (χ4n) is 1.81. The summed E-state index contributed by atoms with van der Waals surface area (Å²) in [5.41, 5.74) is 2.18. The van der Waals surface area contributed by atoms with E-state index >= 15 is 0 Å². The molecule has 17 heavy (non-hydrogen) atoms. The van der Waals surface area contributed by atoms with E-state index in [1.165, 1.54) is 18.4 Å². The van der Waals surface area contributed by atoms with Crippen molar-refractivity contribution in [3.8, 4) is 0 Å². The number of halogens is 1. The first-order chi connectivity index (χ1) is 8.31. The number of hydrogen-bond acceptors (Lipinski definition) is 3. The zero-order chi connectivity index (χ0) is 11.7. The Morgan fingerprint density at radius 3 is 2.65 bits per heavy atom. The molecule has 2 aromatic rings. The van der Waals surface area contributed by atoms with Gasteiger partial charge in [0.15, 0.2) is 0 Å². The van der Waals surface area contributed by atoms with Crippen LogP contribution < -0.4 is 0 Å². The average molecular weight is 246 g/mol. The largest absolute Gasteiger partial charge is 0.265 e. The highest BCUT2D eigenvalue weighted by Crippen LogP contribution is 2.38. The van der Waals surface area contributed by atoms with E-state index in [1.54, 1.807) is 12.4 Å². The van der Waals surface area contributed by atoms with Gasteiger partial charge in [0, 0.05) is 30.4 Å². The van der Waals surface area contributed by atoms with E-state index in [9.17, 15) is 0 Å². The van der Waals surface area contributed by atoms with Crippen molar-refractivity contribution in [3.05, 3.63) is 52.8 Å². The monoisotopic (exact) mass is 245 g/mol. The average Bonchev–Trinajstić information content (AvgIpc) is 3.13. The molecule has 2 heterocycles. The fourth-order valence-corrected chi connectivity index (χ4v) is 2.02. The highest BCUT2D eigenvalue weighted by molar-refractivity contribution is 6.29. The van der Waals surface area contributed by atoms with Crippen molar-refractivity contribution >= 4 is 11.6 Å². The minimum absolute atomic E-state index is 0.532. The van der Waals surface area contributed by atoms with Crippen molar-refractivity contribution in [3.63, 3.8) is 0 Å². The van der Waals surface area contributed by atoms with Crippen LogP contribution in [0.2, 0.25) is 5.15 Å². The van der Waals surface area contributed by atoms with Gasteiger partial charge in [0.2, 0.25) is 0 Å². The molecule has 0 unspecified atom stereocenters. The lowest BCUT2D eigenvalue weighted by Gasteiger charge is -2.04. The minimum atomic E-state index is 0.532. The van der Waals surface area contributed by atoms with Crippen molar-refractivity contribution in [1.82, 2.24) is 15.0 Å². The highest BCUT2D eigenvalue weighted by atomic mass is 35.5. The molecular weight excluding hydrogens is 234 g/mol. The molecule has 1 fully saturated rings. The summed E-state index contributed by atoms with van der Waals surface area (Å²) >= 11 is 6.02. The third kappa shape index (κ3) is 2.61. The van der Waals surface area contributed by atoms with Gasteiger partial charge in [0.1, 0.15) is 11.0 Å². The normalized spacial score (nSPS) is 14.9. The van der Waals surface area contributed by atoms with Gasteiger partial charge in [0.05, 0.1) is 0 Å². The standard InChI is InChI=1S/C13H12ClN3/c14-12-8-11(7-9-3-5-15-6-4-9)16-13(17-12)10-1-2-10/h3-6,8,10H,1-2,7H2. The molecular formula is C13H12ClN3. The van der Waals surface area contributed by atoms with Crippen LogP contribution in [0.1, 0.15) is 35.8 Å². The third-order valence-electron chi connectivity index (χ3n) is 2.84. The van der Waals surface area contributed by atoms with Gasteiger partial charge in [-0.2, -0.15) is 0 Å². The molecule has 86 valence electrons. The van der Waals surface area contributed by atoms with E-state index in [0.29, 0.717) is 11.1 Å². The van der Waals surface area contributed by atoms with Crippen LogP contribution in [0.4, 0.5) is 0 Å². The predicted molar refractivity (Wildman–Crippen MR) is 66.1 cm³/mol. The Morgan fingerprint density at radius 2 is 1.94 bits per heavy atom. The molecule has 1 aliphatic carbocycles. The molecule has 1 aliphatic rings. The van der Waals surface area contributed by atoms with Crippen LogP contribution in [0.25, 0.3) is 0 Å². The minimum Gasteiger partial charge on any atom is -0.265 e. The number of aromatic nitrogens is 3. The van der Waals surface area contributed by atoms with Gasteiger partial charge in [-0.3, -0.25) is 4.98 Å². The Morgan fingerprint density at radius 1 is 1.18 bits per heavy atom. The Bertz CT molecular complexity index is 523. The third-order valence-corrected chi connectivity index (χ3v) is 3.04. The maximum atomic E-state index is 6.02. The summed E-state index contributed by atoms with van der Waals surface area (Å²) in [6, 6.07) is 5.83. The maximum Gasteiger partial charge on any atom is 0.133 e. The Hall–Kier alpha value is -1.48. The number of pyridine rings is 1. The zero-order valence-electron chi connectivity index (χ0n) is 9.31. The van der Waals surface area contributed by atoms with Gasteiger partial charge in [-0.25, -0.2) is 9.97 Å². The van der Waals surface area contributed by atoms with Gasteiger partial charge in [-0.15, -0.1) is 0 Å². The van der Waals surface area contributed by atoms with Gasteiger partial charge >= 0.3 is 0 Å². The summed E-state index contributed by atoms with van der Waals surface area (Å²) < 4.78 is 0. The van der Waals surface area contributed by atoms with Crippen molar-refractivity contribution < 1.29 is 0 Å². The Balaban J connectivity index is 1.87. The quantitative estimate of drug-likeness (QED) is 0.781. The van der Waals surface area contributed by atoms with Gasteiger partial charge in [-0.05, 0) is 36.6 Å². The van der Waals surface area contributed by atoms with E-state index in [1.807, 2.05) is 18.2 Å². The van der Waals surface area contributed by atoms with Gasteiger partial charge < -0.3 is 0 Å². The molecule has 0 aromatic carbocycles. The first-order valence-electron chi connectivity index (χ1n) is 5.73. The summed E-state index contributed by atoms with van der Waals surface area (Å²) in [4.78, 5) is 12.9. The lowest BCUT2D eigenvalue weighted by molar-refractivity contribution is 0.887. The Labute approximate surface area is 105 Å². The van der Waals surface area contributed by atoms with E-state index in [0.717, 1.165) is 17.9 Å². The molecule has 0 saturated heterocycles. The van der Waals surface area contributed by atoms with Crippen LogP contribution in [0.5, 0.6) is 0 Å². The van der Waals surface area contributed by atoms with Crippen molar-refractivity contribution in [1.29, 1.82) is 0 Å². The van der Waals surface area contributed by atoms with Crippen LogP contribution in [-0.2, 0) is 6.42 Å². The van der Waals surface area contributed by atoms with E-state index in [4.69, 9.17) is 11.6 Å². The molecule has 2 aromatic heterocycles. The fraction of sp³-hybridized carbons (Fsp3) is 0.308. The summed E-state index contributed by atoms with van der Waals surface area (Å²) in [6.45, 7) is 0. The molecule has 0 aliphatic heterocycles. The molecule has 3 nitrogen and oxygen atoms in total. The smallest absolute Gasteiger partial charge is 0.133 e. The summed E-state index contributed by atoms with van der Waals surface area (Å²) in [7, 11) is 0. The van der Waals surface area contributed by atoms with Crippen LogP contribution in [0.15, 0.2) is 30.6 Å². The number of nitrogens with zero attached hydrogens (tertiary/aromatic N) is 3. The summed E-state index contributed by atoms with van der Waals surface area (Å²) in [6.07, 6.45) is 6.74. The van der Waals surface area contributed by atoms with Crippen LogP contribution in [-0.4, -0.2) is 15.0 Å². The van der Waals surface area contributed by atoms with E-state index < -0.39 is 0 Å². The SMILES string of the molecule is Clc1cc(Cc2ccncc2)nc(C2CC2)n1. The van der Waals surface area contributed by atoms with Crippen molar-refractivity contribution in [2.45, 2.75) is 25.2 Å². The zero-order valence-corrected chi connectivity index (χ0v) is 10.1. The van der Waals surface area contributed by atoms with E-state index in [-0.39, 0.29) is 0 Å². The molecule has 0 N–H and O–H groups in total. The predicted octanol–water partition coefficient (Wildman–Crippen LogP) is 2.99. The molecule has 1 saturated carbocycles. The molecule has 0 radical (unpaired) electrons. The molecule has 3 rings (SSSR count). The maximum absolute atomic E-state index is 6.02. The lowest BCUT2D eigenvalue weighted by Crippen LogP contribution is -1.99. The highest BCUT2D eigenvalue weighted by Gasteiger charge is 2.27. The second-order valence-electron chi connectivity index (χ2n) is 4.35. The van der Waals surface area contributed by atoms with E-state index in [2.05, 4.69) is 15.0 Å². The lowest BCUT2D eigenvalue weighted by atomic mass is 10.1. The van der Waals surface area contributed by atoms with Crippen LogP contribution in [0.3, 0.4) is 0 Å². The first kappa shape index (κ1) is 10.7. The summed E-state index contributed by atoms with van der Waals surface area (Å²) in [5.74, 6) is 1.44. The second-order valence-corrected chi connectivity index (χ2v) is 4.73. The molecule has 0 spiro atoms. The Kier molecular flexibility index (Phi) is 2.77. The first-order valence-corrected chi connectivity index (χ1v) is 6.11. The number of hydrogen-bond donors (Lipinski definition) is 0. The molecule has 0 bridgehead atoms.